The normalized spacial score (nSPS) is 19.4. The maximum atomic E-state index is 14.7. The average Bonchev–Trinajstić information content (AvgIpc) is 3.87. The summed E-state index contributed by atoms with van der Waals surface area (Å²) in [5, 5.41) is 0.939. The third kappa shape index (κ3) is 9.42. The van der Waals surface area contributed by atoms with Crippen molar-refractivity contribution in [1.82, 2.24) is 19.6 Å². The van der Waals surface area contributed by atoms with E-state index >= 15 is 0 Å². The molecule has 4 aromatic rings. The van der Waals surface area contributed by atoms with Crippen molar-refractivity contribution in [3.63, 3.8) is 0 Å². The number of piperazine rings is 1. The fraction of sp³-hybridized carbons (Fsp3) is 0.467. The van der Waals surface area contributed by atoms with E-state index in [1.54, 1.807) is 19.1 Å². The van der Waals surface area contributed by atoms with Gasteiger partial charge >= 0.3 is 11.8 Å². The third-order valence-electron chi connectivity index (χ3n) is 12.6. The molecule has 3 aliphatic heterocycles. The van der Waals surface area contributed by atoms with Crippen LogP contribution in [0.5, 0.6) is 17.2 Å². The van der Waals surface area contributed by atoms with E-state index in [0.717, 1.165) is 30.5 Å². The molecule has 0 spiro atoms. The number of methoxy groups -OCH3 is 3. The van der Waals surface area contributed by atoms with Crippen LogP contribution in [0.4, 0.5) is 0 Å². The Bertz CT molecular complexity index is 2240. The molecular weight excluding hydrogens is 827 g/mol. The fourth-order valence-electron chi connectivity index (χ4n) is 9.05. The zero-order valence-electron chi connectivity index (χ0n) is 35.0. The van der Waals surface area contributed by atoms with Gasteiger partial charge in [0.2, 0.25) is 11.7 Å². The van der Waals surface area contributed by atoms with Crippen LogP contribution in [0, 0.1) is 6.92 Å². The zero-order chi connectivity index (χ0) is 43.3. The van der Waals surface area contributed by atoms with Crippen molar-refractivity contribution < 1.29 is 42.2 Å². The van der Waals surface area contributed by atoms with E-state index in [0.29, 0.717) is 98.1 Å². The summed E-state index contributed by atoms with van der Waals surface area (Å²) in [6, 6.07) is 19.2. The fourth-order valence-corrected chi connectivity index (χ4v) is 9.35. The molecule has 3 aromatic carbocycles. The number of piperidine rings is 1. The van der Waals surface area contributed by atoms with Crippen LogP contribution in [0.2, 0.25) is 10.0 Å². The monoisotopic (exact) mass is 878 g/mol. The van der Waals surface area contributed by atoms with Crippen molar-refractivity contribution in [2.45, 2.75) is 50.0 Å². The summed E-state index contributed by atoms with van der Waals surface area (Å²) in [7, 11) is 4.58. The summed E-state index contributed by atoms with van der Waals surface area (Å²) in [6.45, 7) is 6.67. The Morgan fingerprint density at radius 1 is 0.738 bits per heavy atom. The number of carbonyl (C=O) groups is 3. The number of nitrogens with zero attached hydrogens (tertiary/aromatic N) is 4. The molecule has 61 heavy (non-hydrogen) atoms. The number of hydrogen-bond donors (Lipinski definition) is 0. The first kappa shape index (κ1) is 44.0. The first-order valence-electron chi connectivity index (χ1n) is 20.5. The molecule has 326 valence electrons. The van der Waals surface area contributed by atoms with E-state index in [9.17, 15) is 19.2 Å². The van der Waals surface area contributed by atoms with Gasteiger partial charge in [-0.1, -0.05) is 59.6 Å². The van der Waals surface area contributed by atoms with E-state index in [4.69, 9.17) is 51.0 Å². The molecule has 3 saturated heterocycles. The molecule has 0 aliphatic carbocycles. The summed E-state index contributed by atoms with van der Waals surface area (Å²) in [5.74, 6) is 0.379. The summed E-state index contributed by atoms with van der Waals surface area (Å²) in [4.78, 5) is 61.0. The topological polar surface area (TPSA) is 144 Å². The van der Waals surface area contributed by atoms with Crippen LogP contribution in [0.25, 0.3) is 0 Å². The standard InChI is InChI=1S/C45H52Cl2N4O10/c1-30-38(61-43(55)60-30)28-59-39(52)27-49-20-22-50(23-21-49)42(54)45(32-8-6-5-7-9-32)14-17-48(18-15-45)16-12-44(33-10-11-34(46)35(47)26-33)13-19-51(29-44)41(53)31-24-36(56-2)40(58-4)37(25-31)57-3/h5-11,24-26H,12-23,27-29H2,1-4H3/t44-/m0/s1. The molecule has 0 unspecified atom stereocenters. The highest BCUT2D eigenvalue weighted by atomic mass is 35.5. The van der Waals surface area contributed by atoms with E-state index < -0.39 is 22.6 Å². The molecule has 0 N–H and O–H groups in total. The first-order chi connectivity index (χ1) is 29.4. The zero-order valence-corrected chi connectivity index (χ0v) is 36.5. The molecule has 2 amide bonds. The van der Waals surface area contributed by atoms with Crippen LogP contribution in [0.1, 0.15) is 58.7 Å². The number of amides is 2. The number of ether oxygens (including phenoxy) is 4. The van der Waals surface area contributed by atoms with Crippen molar-refractivity contribution in [3.8, 4) is 17.2 Å². The summed E-state index contributed by atoms with van der Waals surface area (Å²) < 4.78 is 31.7. The first-order valence-corrected chi connectivity index (χ1v) is 21.2. The minimum absolute atomic E-state index is 0.0581. The van der Waals surface area contributed by atoms with Crippen LogP contribution < -0.4 is 20.0 Å². The van der Waals surface area contributed by atoms with Gasteiger partial charge in [-0.15, -0.1) is 0 Å². The van der Waals surface area contributed by atoms with Crippen molar-refractivity contribution in [1.29, 1.82) is 0 Å². The van der Waals surface area contributed by atoms with Crippen LogP contribution in [0.3, 0.4) is 0 Å². The molecule has 0 radical (unpaired) electrons. The molecule has 14 nitrogen and oxygen atoms in total. The third-order valence-corrected chi connectivity index (χ3v) is 13.4. The SMILES string of the molecule is COc1cc(C(=O)N2CC[C@](CCN3CCC(C(=O)N4CCN(CC(=O)OCc5oc(=O)oc5C)CC4)(c4ccccc4)CC3)(c3ccc(Cl)c(Cl)c3)C2)cc(OC)c1OC. The van der Waals surface area contributed by atoms with Gasteiger partial charge in [0.1, 0.15) is 0 Å². The minimum Gasteiger partial charge on any atom is -0.493 e. The Labute approximate surface area is 365 Å². The number of aryl methyl sites for hydroxylation is 1. The van der Waals surface area contributed by atoms with Crippen LogP contribution in [0.15, 0.2) is 74.3 Å². The highest BCUT2D eigenvalue weighted by molar-refractivity contribution is 6.42. The second-order valence-corrected chi connectivity index (χ2v) is 16.8. The number of likely N-dealkylation sites (tertiary alicyclic amines) is 2. The number of hydrogen-bond acceptors (Lipinski definition) is 12. The van der Waals surface area contributed by atoms with Gasteiger partial charge in [0, 0.05) is 50.2 Å². The lowest BCUT2D eigenvalue weighted by Crippen LogP contribution is -2.58. The largest absolute Gasteiger partial charge is 0.519 e. The summed E-state index contributed by atoms with van der Waals surface area (Å²) >= 11 is 13.0. The highest BCUT2D eigenvalue weighted by Crippen LogP contribution is 2.44. The lowest BCUT2D eigenvalue weighted by molar-refractivity contribution is -0.148. The molecular formula is C45H52Cl2N4O10. The van der Waals surface area contributed by atoms with Gasteiger partial charge in [-0.05, 0) is 87.6 Å². The van der Waals surface area contributed by atoms with Crippen molar-refractivity contribution >= 4 is 41.0 Å². The predicted molar refractivity (Wildman–Crippen MR) is 228 cm³/mol. The Morgan fingerprint density at radius 2 is 1.43 bits per heavy atom. The predicted octanol–water partition coefficient (Wildman–Crippen LogP) is 5.97. The molecule has 1 atom stereocenters. The van der Waals surface area contributed by atoms with Crippen LogP contribution in [-0.4, -0.2) is 124 Å². The van der Waals surface area contributed by atoms with Crippen molar-refractivity contribution in [3.05, 3.63) is 110 Å². The van der Waals surface area contributed by atoms with E-state index in [2.05, 4.69) is 17.0 Å². The lowest BCUT2D eigenvalue weighted by atomic mass is 9.71. The van der Waals surface area contributed by atoms with E-state index in [1.165, 1.54) is 21.3 Å². The number of halogens is 2. The number of rotatable bonds is 14. The smallest absolute Gasteiger partial charge is 0.493 e. The number of carbonyl (C=O) groups excluding carboxylic acids is 3. The van der Waals surface area contributed by atoms with Gasteiger partial charge in [-0.2, -0.15) is 0 Å². The van der Waals surface area contributed by atoms with E-state index in [1.807, 2.05) is 51.1 Å². The molecule has 0 bridgehead atoms. The minimum atomic E-state index is -0.836. The lowest BCUT2D eigenvalue weighted by Gasteiger charge is -2.46. The summed E-state index contributed by atoms with van der Waals surface area (Å²) in [6.07, 6.45) is 2.79. The highest BCUT2D eigenvalue weighted by Gasteiger charge is 2.47. The molecule has 0 saturated carbocycles. The molecule has 3 fully saturated rings. The van der Waals surface area contributed by atoms with E-state index in [-0.39, 0.29) is 36.5 Å². The van der Waals surface area contributed by atoms with Gasteiger partial charge in [0.15, 0.2) is 29.6 Å². The van der Waals surface area contributed by atoms with Crippen LogP contribution >= 0.6 is 23.2 Å². The Morgan fingerprint density at radius 3 is 2.03 bits per heavy atom. The number of benzene rings is 3. The Kier molecular flexibility index (Phi) is 13.7. The van der Waals surface area contributed by atoms with Gasteiger partial charge in [0.05, 0.1) is 43.3 Å². The Hall–Kier alpha value is -5.02. The average molecular weight is 880 g/mol. The second kappa shape index (κ2) is 18.9. The molecule has 4 heterocycles. The second-order valence-electron chi connectivity index (χ2n) is 16.0. The maximum absolute atomic E-state index is 14.7. The van der Waals surface area contributed by atoms with Crippen molar-refractivity contribution in [2.75, 3.05) is 86.8 Å². The quantitative estimate of drug-likeness (QED) is 0.138. The summed E-state index contributed by atoms with van der Waals surface area (Å²) in [5.41, 5.74) is 1.39. The van der Waals surface area contributed by atoms with Gasteiger partial charge in [-0.25, -0.2) is 4.79 Å². The molecule has 3 aliphatic rings. The maximum Gasteiger partial charge on any atom is 0.519 e. The van der Waals surface area contributed by atoms with Gasteiger partial charge in [-0.3, -0.25) is 19.3 Å². The molecule has 16 heteroatoms. The van der Waals surface area contributed by atoms with Crippen molar-refractivity contribution in [2.24, 2.45) is 0 Å². The Balaban J connectivity index is 1.01. The molecule has 7 rings (SSSR count). The molecule has 1 aromatic heterocycles. The van der Waals surface area contributed by atoms with Gasteiger partial charge in [0.25, 0.3) is 5.91 Å². The van der Waals surface area contributed by atoms with Gasteiger partial charge < -0.3 is 42.5 Å². The van der Waals surface area contributed by atoms with Crippen LogP contribution in [-0.2, 0) is 31.8 Å². The number of esters is 1.